The minimum absolute atomic E-state index is 0.0125. The Balaban J connectivity index is 1.62. The molecule has 6 nitrogen and oxygen atoms in total. The highest BCUT2D eigenvalue weighted by Gasteiger charge is 2.24. The number of carbonyl (C=O) groups is 1. The Morgan fingerprint density at radius 1 is 1.09 bits per heavy atom. The second-order valence-electron chi connectivity index (χ2n) is 7.76. The van der Waals surface area contributed by atoms with Crippen LogP contribution in [0.15, 0.2) is 65.8 Å². The second kappa shape index (κ2) is 9.36. The fourth-order valence-corrected chi connectivity index (χ4v) is 5.63. The minimum Gasteiger partial charge on any atom is -0.284 e. The van der Waals surface area contributed by atoms with Crippen molar-refractivity contribution in [2.24, 2.45) is 0 Å². The lowest BCUT2D eigenvalue weighted by molar-refractivity contribution is -0.118. The van der Waals surface area contributed by atoms with Crippen LogP contribution in [0.2, 0.25) is 0 Å². The summed E-state index contributed by atoms with van der Waals surface area (Å²) < 4.78 is 39.4. The number of thiazole rings is 1. The highest BCUT2D eigenvalue weighted by molar-refractivity contribution is 7.91. The number of aryl methyl sites for hydroxylation is 2. The van der Waals surface area contributed by atoms with E-state index in [-0.39, 0.29) is 29.5 Å². The van der Waals surface area contributed by atoms with Crippen LogP contribution in [0.5, 0.6) is 0 Å². The Bertz CT molecular complexity index is 1360. The van der Waals surface area contributed by atoms with Crippen molar-refractivity contribution in [2.75, 3.05) is 10.7 Å². The molecule has 0 aliphatic heterocycles. The molecule has 0 unspecified atom stereocenters. The monoisotopic (exact) mass is 483 g/mol. The molecule has 0 saturated carbocycles. The molecule has 4 aromatic rings. The molecular formula is C24H22FN3O3S2. The van der Waals surface area contributed by atoms with E-state index >= 15 is 0 Å². The molecule has 0 fully saturated rings. The number of benzene rings is 2. The molecule has 0 N–H and O–H groups in total. The van der Waals surface area contributed by atoms with Crippen LogP contribution in [0, 0.1) is 19.7 Å². The Kier molecular flexibility index (Phi) is 6.53. The van der Waals surface area contributed by atoms with Crippen LogP contribution in [0.4, 0.5) is 9.52 Å². The third-order valence-corrected chi connectivity index (χ3v) is 8.12. The predicted molar refractivity (Wildman–Crippen MR) is 128 cm³/mol. The van der Waals surface area contributed by atoms with Gasteiger partial charge in [-0.15, -0.1) is 0 Å². The number of rotatable bonds is 7. The molecule has 2 aromatic carbocycles. The third-order valence-electron chi connectivity index (χ3n) is 5.35. The molecular weight excluding hydrogens is 461 g/mol. The van der Waals surface area contributed by atoms with E-state index < -0.39 is 15.7 Å². The van der Waals surface area contributed by atoms with Crippen molar-refractivity contribution in [3.63, 3.8) is 0 Å². The lowest BCUT2D eigenvalue weighted by Gasteiger charge is -2.20. The molecule has 0 radical (unpaired) electrons. The first-order valence-electron chi connectivity index (χ1n) is 10.3. The summed E-state index contributed by atoms with van der Waals surface area (Å²) in [5, 5.41) is 0.503. The van der Waals surface area contributed by atoms with Gasteiger partial charge in [-0.25, -0.2) is 17.8 Å². The zero-order valence-electron chi connectivity index (χ0n) is 18.2. The standard InChI is InChI=1S/C24H22FN3O3S2/c1-16-12-21-22(13-17(16)2)32-24(27-21)28(15-18-4-3-10-26-14-18)23(29)9-11-33(30,31)20-7-5-19(25)6-8-20/h3-8,10,12-14H,9,11,15H2,1-2H3. The SMILES string of the molecule is Cc1cc2nc(N(Cc3cccnc3)C(=O)CCS(=O)(=O)c3ccc(F)cc3)sc2cc1C. The lowest BCUT2D eigenvalue weighted by atomic mass is 10.1. The van der Waals surface area contributed by atoms with Crippen LogP contribution in [0.25, 0.3) is 10.2 Å². The number of halogens is 1. The molecule has 0 aliphatic rings. The number of hydrogen-bond acceptors (Lipinski definition) is 6. The van der Waals surface area contributed by atoms with Gasteiger partial charge < -0.3 is 0 Å². The molecule has 170 valence electrons. The summed E-state index contributed by atoms with van der Waals surface area (Å²) in [7, 11) is -3.74. The van der Waals surface area contributed by atoms with Crippen LogP contribution in [0.3, 0.4) is 0 Å². The fourth-order valence-electron chi connectivity index (χ4n) is 3.34. The van der Waals surface area contributed by atoms with Gasteiger partial charge in [0, 0.05) is 18.8 Å². The van der Waals surface area contributed by atoms with E-state index in [1.165, 1.54) is 28.4 Å². The number of anilines is 1. The highest BCUT2D eigenvalue weighted by atomic mass is 32.2. The van der Waals surface area contributed by atoms with Crippen LogP contribution >= 0.6 is 11.3 Å². The number of hydrogen-bond donors (Lipinski definition) is 0. The number of fused-ring (bicyclic) bond motifs is 1. The summed E-state index contributed by atoms with van der Waals surface area (Å²) in [5.41, 5.74) is 3.84. The maximum absolute atomic E-state index is 13.2. The van der Waals surface area contributed by atoms with Gasteiger partial charge in [-0.1, -0.05) is 17.4 Å². The maximum Gasteiger partial charge on any atom is 0.230 e. The molecule has 0 spiro atoms. The van der Waals surface area contributed by atoms with Crippen molar-refractivity contribution < 1.29 is 17.6 Å². The van der Waals surface area contributed by atoms with E-state index in [1.54, 1.807) is 18.5 Å². The summed E-state index contributed by atoms with van der Waals surface area (Å²) >= 11 is 1.39. The molecule has 0 atom stereocenters. The number of carbonyl (C=O) groups excluding carboxylic acids is 1. The van der Waals surface area contributed by atoms with E-state index in [2.05, 4.69) is 9.97 Å². The molecule has 2 aromatic heterocycles. The predicted octanol–water partition coefficient (Wildman–Crippen LogP) is 4.84. The molecule has 1 amide bonds. The third kappa shape index (κ3) is 5.26. The first-order chi connectivity index (χ1) is 15.7. The van der Waals surface area contributed by atoms with Crippen molar-refractivity contribution >= 4 is 42.4 Å². The van der Waals surface area contributed by atoms with E-state index in [0.29, 0.717) is 5.13 Å². The Hall–Kier alpha value is -3.17. The number of amides is 1. The normalized spacial score (nSPS) is 11.6. The smallest absolute Gasteiger partial charge is 0.230 e. The van der Waals surface area contributed by atoms with Crippen molar-refractivity contribution in [1.82, 2.24) is 9.97 Å². The quantitative estimate of drug-likeness (QED) is 0.351. The van der Waals surface area contributed by atoms with Crippen LogP contribution in [-0.4, -0.2) is 30.0 Å². The van der Waals surface area contributed by atoms with Crippen LogP contribution in [-0.2, 0) is 21.2 Å². The van der Waals surface area contributed by atoms with E-state index in [4.69, 9.17) is 0 Å². The van der Waals surface area contributed by atoms with Crippen molar-refractivity contribution in [2.45, 2.75) is 31.7 Å². The van der Waals surface area contributed by atoms with E-state index in [9.17, 15) is 17.6 Å². The largest absolute Gasteiger partial charge is 0.284 e. The minimum atomic E-state index is -3.74. The molecule has 0 aliphatic carbocycles. The zero-order valence-corrected chi connectivity index (χ0v) is 19.8. The molecule has 2 heterocycles. The Labute approximate surface area is 195 Å². The average Bonchev–Trinajstić information content (AvgIpc) is 3.19. The zero-order chi connectivity index (χ0) is 23.6. The summed E-state index contributed by atoms with van der Waals surface area (Å²) in [6.45, 7) is 4.25. The van der Waals surface area contributed by atoms with E-state index in [1.807, 2.05) is 32.0 Å². The van der Waals surface area contributed by atoms with Crippen molar-refractivity contribution in [1.29, 1.82) is 0 Å². The second-order valence-corrected chi connectivity index (χ2v) is 10.9. The maximum atomic E-state index is 13.2. The number of nitrogens with zero attached hydrogens (tertiary/aromatic N) is 3. The van der Waals surface area contributed by atoms with Gasteiger partial charge >= 0.3 is 0 Å². The average molecular weight is 484 g/mol. The van der Waals surface area contributed by atoms with Crippen LogP contribution < -0.4 is 4.90 Å². The van der Waals surface area contributed by atoms with E-state index in [0.717, 1.165) is 39.0 Å². The Morgan fingerprint density at radius 2 is 1.82 bits per heavy atom. The van der Waals surface area contributed by atoms with Crippen molar-refractivity contribution in [3.8, 4) is 0 Å². The van der Waals surface area contributed by atoms with Gasteiger partial charge in [-0.3, -0.25) is 14.7 Å². The Morgan fingerprint density at radius 3 is 2.52 bits per heavy atom. The number of aromatic nitrogens is 2. The molecule has 0 bridgehead atoms. The van der Waals surface area contributed by atoms with Crippen LogP contribution in [0.1, 0.15) is 23.1 Å². The molecule has 0 saturated heterocycles. The molecule has 9 heteroatoms. The van der Waals surface area contributed by atoms with Gasteiger partial charge in [-0.05, 0) is 73.0 Å². The van der Waals surface area contributed by atoms with Gasteiger partial charge in [0.2, 0.25) is 5.91 Å². The summed E-state index contributed by atoms with van der Waals surface area (Å²) in [4.78, 5) is 23.5. The van der Waals surface area contributed by atoms with Gasteiger partial charge in [0.15, 0.2) is 15.0 Å². The first-order valence-corrected chi connectivity index (χ1v) is 12.8. The molecule has 4 rings (SSSR count). The molecule has 33 heavy (non-hydrogen) atoms. The van der Waals surface area contributed by atoms with Crippen molar-refractivity contribution in [3.05, 3.63) is 83.4 Å². The summed E-state index contributed by atoms with van der Waals surface area (Å²) in [6, 6.07) is 12.3. The summed E-state index contributed by atoms with van der Waals surface area (Å²) in [6.07, 6.45) is 3.08. The topological polar surface area (TPSA) is 80.2 Å². The highest BCUT2D eigenvalue weighted by Crippen LogP contribution is 2.32. The van der Waals surface area contributed by atoms with Gasteiger partial charge in [0.05, 0.1) is 27.4 Å². The van der Waals surface area contributed by atoms with Gasteiger partial charge in [0.1, 0.15) is 5.82 Å². The number of pyridine rings is 1. The fraction of sp³-hybridized carbons (Fsp3) is 0.208. The van der Waals surface area contributed by atoms with Gasteiger partial charge in [-0.2, -0.15) is 0 Å². The van der Waals surface area contributed by atoms with Gasteiger partial charge in [0.25, 0.3) is 0 Å². The number of sulfone groups is 1. The first kappa shape index (κ1) is 23.0. The lowest BCUT2D eigenvalue weighted by Crippen LogP contribution is -2.31. The summed E-state index contributed by atoms with van der Waals surface area (Å²) in [5.74, 6) is -1.27.